The lowest BCUT2D eigenvalue weighted by Gasteiger charge is -2.12. The van der Waals surface area contributed by atoms with E-state index in [9.17, 15) is 0 Å². The fraction of sp³-hybridized carbons (Fsp3) is 0.500. The second-order valence-corrected chi connectivity index (χ2v) is 5.54. The van der Waals surface area contributed by atoms with E-state index in [0.29, 0.717) is 6.04 Å². The van der Waals surface area contributed by atoms with E-state index in [2.05, 4.69) is 31.3 Å². The van der Waals surface area contributed by atoms with Crippen LogP contribution in [0.15, 0.2) is 23.2 Å². The molecule has 0 aliphatic heterocycles. The molecule has 1 nitrogen and oxygen atoms in total. The van der Waals surface area contributed by atoms with Crippen molar-refractivity contribution in [1.29, 1.82) is 0 Å². The molecular formula is C12H18ClNS. The van der Waals surface area contributed by atoms with E-state index in [-0.39, 0.29) is 0 Å². The highest BCUT2D eigenvalue weighted by molar-refractivity contribution is 7.11. The van der Waals surface area contributed by atoms with Gasteiger partial charge in [0.2, 0.25) is 0 Å². The molecule has 0 fully saturated rings. The molecule has 1 aromatic rings. The minimum atomic E-state index is 0.495. The number of hydrogen-bond donors (Lipinski definition) is 1. The second-order valence-electron chi connectivity index (χ2n) is 3.95. The molecule has 15 heavy (non-hydrogen) atoms. The standard InChI is InChI=1S/C12H18ClNS/c1-9(7-13)8-14-10(2)6-12-5-4-11(3)15-12/h4-5,7,10,14H,6,8H2,1-3H3/b9-7+. The maximum atomic E-state index is 5.60. The Bertz CT molecular complexity index is 330. The Morgan fingerprint density at radius 1 is 1.60 bits per heavy atom. The summed E-state index contributed by atoms with van der Waals surface area (Å²) < 4.78 is 0. The van der Waals surface area contributed by atoms with Crippen molar-refractivity contribution in [2.24, 2.45) is 0 Å². The summed E-state index contributed by atoms with van der Waals surface area (Å²) in [6, 6.07) is 4.88. The van der Waals surface area contributed by atoms with Crippen molar-refractivity contribution in [3.8, 4) is 0 Å². The van der Waals surface area contributed by atoms with Gasteiger partial charge in [-0.3, -0.25) is 0 Å². The van der Waals surface area contributed by atoms with E-state index in [1.165, 1.54) is 15.3 Å². The highest BCUT2D eigenvalue weighted by atomic mass is 35.5. The van der Waals surface area contributed by atoms with Crippen molar-refractivity contribution in [3.05, 3.63) is 33.0 Å². The first kappa shape index (κ1) is 12.8. The fourth-order valence-corrected chi connectivity index (χ4v) is 2.44. The van der Waals surface area contributed by atoms with E-state index < -0.39 is 0 Å². The molecule has 0 radical (unpaired) electrons. The van der Waals surface area contributed by atoms with Crippen LogP contribution in [0.1, 0.15) is 23.6 Å². The minimum Gasteiger partial charge on any atom is -0.310 e. The Morgan fingerprint density at radius 2 is 2.33 bits per heavy atom. The van der Waals surface area contributed by atoms with Crippen molar-refractivity contribution < 1.29 is 0 Å². The smallest absolute Gasteiger partial charge is 0.0176 e. The van der Waals surface area contributed by atoms with Gasteiger partial charge in [0.25, 0.3) is 0 Å². The molecule has 0 aliphatic carbocycles. The van der Waals surface area contributed by atoms with E-state index in [1.807, 2.05) is 18.3 Å². The van der Waals surface area contributed by atoms with Crippen LogP contribution in [0.3, 0.4) is 0 Å². The number of rotatable bonds is 5. The lowest BCUT2D eigenvalue weighted by molar-refractivity contribution is 0.576. The SMILES string of the molecule is C/C(=C\Cl)CNC(C)Cc1ccc(C)s1. The van der Waals surface area contributed by atoms with Crippen LogP contribution in [0.25, 0.3) is 0 Å². The van der Waals surface area contributed by atoms with Crippen molar-refractivity contribution in [2.45, 2.75) is 33.2 Å². The highest BCUT2D eigenvalue weighted by Gasteiger charge is 2.04. The minimum absolute atomic E-state index is 0.495. The van der Waals surface area contributed by atoms with Gasteiger partial charge in [-0.05, 0) is 44.9 Å². The number of halogens is 1. The van der Waals surface area contributed by atoms with Crippen LogP contribution in [0.5, 0.6) is 0 Å². The molecule has 0 aromatic carbocycles. The molecule has 3 heteroatoms. The number of hydrogen-bond acceptors (Lipinski definition) is 2. The first-order valence-electron chi connectivity index (χ1n) is 5.16. The summed E-state index contributed by atoms with van der Waals surface area (Å²) in [6.07, 6.45) is 1.09. The molecule has 1 atom stereocenters. The maximum Gasteiger partial charge on any atom is 0.0176 e. The predicted octanol–water partition coefficient (Wildman–Crippen LogP) is 3.72. The van der Waals surface area contributed by atoms with Gasteiger partial charge >= 0.3 is 0 Å². The topological polar surface area (TPSA) is 12.0 Å². The van der Waals surface area contributed by atoms with Crippen LogP contribution in [0.2, 0.25) is 0 Å². The number of aryl methyl sites for hydroxylation is 1. The molecule has 0 bridgehead atoms. The van der Waals surface area contributed by atoms with Gasteiger partial charge in [0, 0.05) is 27.9 Å². The van der Waals surface area contributed by atoms with Crippen LogP contribution < -0.4 is 5.32 Å². The van der Waals surface area contributed by atoms with Gasteiger partial charge < -0.3 is 5.32 Å². The summed E-state index contributed by atoms with van der Waals surface area (Å²) in [7, 11) is 0. The quantitative estimate of drug-likeness (QED) is 0.831. The van der Waals surface area contributed by atoms with Crippen LogP contribution >= 0.6 is 22.9 Å². The Labute approximate surface area is 101 Å². The summed E-state index contributed by atoms with van der Waals surface area (Å²) in [6.45, 7) is 7.25. The fourth-order valence-electron chi connectivity index (χ4n) is 1.34. The van der Waals surface area contributed by atoms with Crippen molar-refractivity contribution in [3.63, 3.8) is 0 Å². The normalized spacial score (nSPS) is 14.3. The molecule has 1 N–H and O–H groups in total. The van der Waals surface area contributed by atoms with Gasteiger partial charge in [0.1, 0.15) is 0 Å². The third kappa shape index (κ3) is 4.83. The largest absolute Gasteiger partial charge is 0.310 e. The van der Waals surface area contributed by atoms with Gasteiger partial charge in [0.05, 0.1) is 0 Å². The Balaban J connectivity index is 2.33. The third-order valence-electron chi connectivity index (χ3n) is 2.22. The van der Waals surface area contributed by atoms with Crippen LogP contribution in [0.4, 0.5) is 0 Å². The molecule has 1 heterocycles. The summed E-state index contributed by atoms with van der Waals surface area (Å²) in [5, 5.41) is 3.44. The molecule has 0 spiro atoms. The number of nitrogens with one attached hydrogen (secondary N) is 1. The van der Waals surface area contributed by atoms with Crippen LogP contribution in [-0.2, 0) is 6.42 Å². The van der Waals surface area contributed by atoms with Gasteiger partial charge in [-0.1, -0.05) is 11.6 Å². The zero-order valence-electron chi connectivity index (χ0n) is 9.51. The summed E-state index contributed by atoms with van der Waals surface area (Å²) in [5.41, 5.74) is 2.81. The average molecular weight is 244 g/mol. The molecular weight excluding hydrogens is 226 g/mol. The van der Waals surface area contributed by atoms with E-state index in [4.69, 9.17) is 11.6 Å². The second kappa shape index (κ2) is 6.31. The zero-order chi connectivity index (χ0) is 11.3. The molecule has 1 unspecified atom stereocenters. The van der Waals surface area contributed by atoms with Gasteiger partial charge in [0.15, 0.2) is 0 Å². The van der Waals surface area contributed by atoms with Crippen LogP contribution in [-0.4, -0.2) is 12.6 Å². The van der Waals surface area contributed by atoms with Crippen LogP contribution in [0, 0.1) is 6.92 Å². The lowest BCUT2D eigenvalue weighted by atomic mass is 10.2. The highest BCUT2D eigenvalue weighted by Crippen LogP contribution is 2.16. The molecule has 84 valence electrons. The Kier molecular flexibility index (Phi) is 5.37. The Hall–Kier alpha value is -0.310. The maximum absolute atomic E-state index is 5.60. The van der Waals surface area contributed by atoms with Gasteiger partial charge in [-0.25, -0.2) is 0 Å². The summed E-state index contributed by atoms with van der Waals surface area (Å²) in [5.74, 6) is 0. The van der Waals surface area contributed by atoms with E-state index >= 15 is 0 Å². The van der Waals surface area contributed by atoms with E-state index in [1.54, 1.807) is 5.54 Å². The van der Waals surface area contributed by atoms with Gasteiger partial charge in [-0.15, -0.1) is 11.3 Å². The molecule has 0 saturated heterocycles. The van der Waals surface area contributed by atoms with Crippen molar-refractivity contribution in [2.75, 3.05) is 6.54 Å². The molecule has 0 saturated carbocycles. The van der Waals surface area contributed by atoms with Crippen molar-refractivity contribution in [1.82, 2.24) is 5.32 Å². The zero-order valence-corrected chi connectivity index (χ0v) is 11.1. The van der Waals surface area contributed by atoms with Gasteiger partial charge in [-0.2, -0.15) is 0 Å². The monoisotopic (exact) mass is 243 g/mol. The summed E-state index contributed by atoms with van der Waals surface area (Å²) >= 11 is 7.47. The number of thiophene rings is 1. The predicted molar refractivity (Wildman–Crippen MR) is 69.8 cm³/mol. The molecule has 0 amide bonds. The van der Waals surface area contributed by atoms with Crippen molar-refractivity contribution >= 4 is 22.9 Å². The molecule has 1 aromatic heterocycles. The van der Waals surface area contributed by atoms with E-state index in [0.717, 1.165) is 13.0 Å². The first-order valence-corrected chi connectivity index (χ1v) is 6.41. The Morgan fingerprint density at radius 3 is 2.87 bits per heavy atom. The first-order chi connectivity index (χ1) is 7.11. The average Bonchev–Trinajstić information content (AvgIpc) is 2.60. The molecule has 0 aliphatic rings. The molecule has 1 rings (SSSR count). The third-order valence-corrected chi connectivity index (χ3v) is 3.61. The summed E-state index contributed by atoms with van der Waals surface area (Å²) in [4.78, 5) is 2.83. The lowest BCUT2D eigenvalue weighted by Crippen LogP contribution is -2.29.